The molecule has 0 aromatic heterocycles. The first kappa shape index (κ1) is 12.3. The molecule has 2 atom stereocenters. The highest BCUT2D eigenvalue weighted by atomic mass is 19.1. The molecular weight excluding hydrogens is 207 g/mol. The highest BCUT2D eigenvalue weighted by Gasteiger charge is 2.33. The third-order valence-corrected chi connectivity index (χ3v) is 4.02. The van der Waals surface area contributed by atoms with Gasteiger partial charge in [0.2, 0.25) is 0 Å². The molecule has 2 aliphatic rings. The maximum Gasteiger partial charge on any atom is 0.139 e. The van der Waals surface area contributed by atoms with E-state index in [2.05, 4.69) is 16.8 Å². The van der Waals surface area contributed by atoms with Crippen molar-refractivity contribution < 1.29 is 9.13 Å². The summed E-state index contributed by atoms with van der Waals surface area (Å²) in [5.41, 5.74) is 0. The molecule has 4 heteroatoms. The Kier molecular flexibility index (Phi) is 4.16. The molecule has 16 heavy (non-hydrogen) atoms. The first-order valence-electron chi connectivity index (χ1n) is 6.30. The molecule has 0 bridgehead atoms. The Hall–Kier alpha value is -0.190. The lowest BCUT2D eigenvalue weighted by Gasteiger charge is -2.41. The van der Waals surface area contributed by atoms with E-state index in [0.29, 0.717) is 12.6 Å². The molecule has 2 fully saturated rings. The van der Waals surface area contributed by atoms with Crippen molar-refractivity contribution in [1.82, 2.24) is 9.80 Å². The largest absolute Gasteiger partial charge is 0.378 e. The molecule has 0 unspecified atom stereocenters. The van der Waals surface area contributed by atoms with Gasteiger partial charge in [0.05, 0.1) is 6.10 Å². The van der Waals surface area contributed by atoms with Gasteiger partial charge in [-0.15, -0.1) is 0 Å². The summed E-state index contributed by atoms with van der Waals surface area (Å²) in [4.78, 5) is 4.68. The summed E-state index contributed by atoms with van der Waals surface area (Å²) >= 11 is 0. The Balaban J connectivity index is 1.83. The zero-order valence-corrected chi connectivity index (χ0v) is 10.4. The van der Waals surface area contributed by atoms with Crippen molar-refractivity contribution in [3.8, 4) is 0 Å². The zero-order valence-electron chi connectivity index (χ0n) is 10.4. The first-order chi connectivity index (χ1) is 7.70. The lowest BCUT2D eigenvalue weighted by atomic mass is 9.98. The normalized spacial score (nSPS) is 35.4. The van der Waals surface area contributed by atoms with Crippen LogP contribution in [-0.4, -0.2) is 68.5 Å². The van der Waals surface area contributed by atoms with Crippen molar-refractivity contribution in [3.05, 3.63) is 0 Å². The van der Waals surface area contributed by atoms with Crippen LogP contribution in [0.2, 0.25) is 0 Å². The van der Waals surface area contributed by atoms with Gasteiger partial charge in [0.25, 0.3) is 0 Å². The van der Waals surface area contributed by atoms with Crippen LogP contribution >= 0.6 is 0 Å². The van der Waals surface area contributed by atoms with Crippen LogP contribution in [0.3, 0.4) is 0 Å². The second-order valence-corrected chi connectivity index (χ2v) is 5.11. The number of nitrogens with zero attached hydrogens (tertiary/aromatic N) is 2. The molecule has 2 aliphatic heterocycles. The number of halogens is 1. The van der Waals surface area contributed by atoms with Crippen LogP contribution in [0.1, 0.15) is 19.3 Å². The number of likely N-dealkylation sites (tertiary alicyclic amines) is 2. The summed E-state index contributed by atoms with van der Waals surface area (Å²) in [5.74, 6) is 0. The maximum atomic E-state index is 13.8. The van der Waals surface area contributed by atoms with Gasteiger partial charge in [-0.05, 0) is 39.4 Å². The molecule has 0 amide bonds. The van der Waals surface area contributed by atoms with Gasteiger partial charge in [-0.3, -0.25) is 4.90 Å². The van der Waals surface area contributed by atoms with Crippen LogP contribution in [0, 0.1) is 0 Å². The maximum absolute atomic E-state index is 13.8. The fourth-order valence-corrected chi connectivity index (χ4v) is 2.86. The van der Waals surface area contributed by atoms with Gasteiger partial charge in [-0.2, -0.15) is 0 Å². The van der Waals surface area contributed by atoms with E-state index in [4.69, 9.17) is 4.74 Å². The minimum Gasteiger partial charge on any atom is -0.378 e. The van der Waals surface area contributed by atoms with E-state index in [1.807, 2.05) is 0 Å². The second kappa shape index (κ2) is 5.43. The molecular formula is C12H23FN2O. The molecule has 94 valence electrons. The average molecular weight is 230 g/mol. The molecule has 2 heterocycles. The van der Waals surface area contributed by atoms with Gasteiger partial charge in [-0.1, -0.05) is 0 Å². The highest BCUT2D eigenvalue weighted by molar-refractivity contribution is 4.87. The van der Waals surface area contributed by atoms with Crippen LogP contribution < -0.4 is 0 Å². The van der Waals surface area contributed by atoms with Gasteiger partial charge in [0.1, 0.15) is 6.17 Å². The molecule has 0 aromatic rings. The summed E-state index contributed by atoms with van der Waals surface area (Å²) < 4.78 is 18.9. The summed E-state index contributed by atoms with van der Waals surface area (Å²) in [7, 11) is 3.77. The smallest absolute Gasteiger partial charge is 0.139 e. The third kappa shape index (κ3) is 2.73. The van der Waals surface area contributed by atoms with E-state index < -0.39 is 6.17 Å². The van der Waals surface area contributed by atoms with Crippen molar-refractivity contribution in [3.63, 3.8) is 0 Å². The van der Waals surface area contributed by atoms with Gasteiger partial charge in [-0.25, -0.2) is 4.39 Å². The van der Waals surface area contributed by atoms with Gasteiger partial charge >= 0.3 is 0 Å². The van der Waals surface area contributed by atoms with Crippen LogP contribution in [0.4, 0.5) is 4.39 Å². The van der Waals surface area contributed by atoms with Crippen molar-refractivity contribution in [2.75, 3.05) is 40.3 Å². The van der Waals surface area contributed by atoms with Crippen LogP contribution in [-0.2, 0) is 4.74 Å². The van der Waals surface area contributed by atoms with E-state index in [1.54, 1.807) is 7.11 Å². The number of methoxy groups -OCH3 is 1. The van der Waals surface area contributed by atoms with Crippen molar-refractivity contribution in [2.24, 2.45) is 0 Å². The van der Waals surface area contributed by atoms with E-state index in [1.165, 1.54) is 12.8 Å². The van der Waals surface area contributed by atoms with Gasteiger partial charge in [0.15, 0.2) is 0 Å². The predicted octanol–water partition coefficient (Wildman–Crippen LogP) is 1.14. The summed E-state index contributed by atoms with van der Waals surface area (Å²) in [6, 6.07) is 0.590. The molecule has 0 N–H and O–H groups in total. The lowest BCUT2D eigenvalue weighted by Crippen LogP contribution is -2.52. The van der Waals surface area contributed by atoms with Gasteiger partial charge in [0, 0.05) is 26.2 Å². The van der Waals surface area contributed by atoms with E-state index in [0.717, 1.165) is 26.1 Å². The standard InChI is InChI=1S/C12H23FN2O/c1-14-6-3-10(4-7-14)15-8-5-12(16-2)11(13)9-15/h10-12H,3-9H2,1-2H3/t11-,12+/m1/s1. The van der Waals surface area contributed by atoms with Crippen molar-refractivity contribution in [1.29, 1.82) is 0 Å². The highest BCUT2D eigenvalue weighted by Crippen LogP contribution is 2.23. The summed E-state index contributed by atoms with van der Waals surface area (Å²) in [6.07, 6.45) is 2.21. The number of piperidine rings is 2. The minimum absolute atomic E-state index is 0.178. The summed E-state index contributed by atoms with van der Waals surface area (Å²) in [5, 5.41) is 0. The van der Waals surface area contributed by atoms with E-state index in [9.17, 15) is 4.39 Å². The third-order valence-electron chi connectivity index (χ3n) is 4.02. The molecule has 0 saturated carbocycles. The fraction of sp³-hybridized carbons (Fsp3) is 1.00. The van der Waals surface area contributed by atoms with Gasteiger partial charge < -0.3 is 9.64 Å². The molecule has 0 spiro atoms. The fourth-order valence-electron chi connectivity index (χ4n) is 2.86. The number of hydrogen-bond donors (Lipinski definition) is 0. The lowest BCUT2D eigenvalue weighted by molar-refractivity contribution is -0.0392. The molecule has 0 radical (unpaired) electrons. The number of rotatable bonds is 2. The Morgan fingerprint density at radius 2 is 1.81 bits per heavy atom. The number of ether oxygens (including phenoxy) is 1. The Morgan fingerprint density at radius 3 is 2.38 bits per heavy atom. The predicted molar refractivity (Wildman–Crippen MR) is 62.4 cm³/mol. The molecule has 0 aromatic carbocycles. The minimum atomic E-state index is -0.807. The molecule has 0 aliphatic carbocycles. The van der Waals surface area contributed by atoms with Crippen LogP contribution in [0.5, 0.6) is 0 Å². The Labute approximate surface area is 97.5 Å². The summed E-state index contributed by atoms with van der Waals surface area (Å²) in [6.45, 7) is 3.85. The monoisotopic (exact) mass is 230 g/mol. The van der Waals surface area contributed by atoms with Crippen LogP contribution in [0.25, 0.3) is 0 Å². The number of alkyl halides is 1. The Bertz CT molecular complexity index is 219. The average Bonchev–Trinajstić information content (AvgIpc) is 2.30. The van der Waals surface area contributed by atoms with Crippen LogP contribution in [0.15, 0.2) is 0 Å². The topological polar surface area (TPSA) is 15.7 Å². The van der Waals surface area contributed by atoms with Crippen molar-refractivity contribution >= 4 is 0 Å². The molecule has 3 nitrogen and oxygen atoms in total. The molecule has 2 rings (SSSR count). The number of hydrogen-bond acceptors (Lipinski definition) is 3. The second-order valence-electron chi connectivity index (χ2n) is 5.11. The molecule has 2 saturated heterocycles. The SMILES string of the molecule is CO[C@H]1CCN(C2CCN(C)CC2)C[C@H]1F. The van der Waals surface area contributed by atoms with Crippen molar-refractivity contribution in [2.45, 2.75) is 37.6 Å². The van der Waals surface area contributed by atoms with E-state index >= 15 is 0 Å². The Morgan fingerprint density at radius 1 is 1.12 bits per heavy atom. The van der Waals surface area contributed by atoms with E-state index in [-0.39, 0.29) is 6.10 Å². The zero-order chi connectivity index (χ0) is 11.5. The first-order valence-corrected chi connectivity index (χ1v) is 6.30. The quantitative estimate of drug-likeness (QED) is 0.707.